The summed E-state index contributed by atoms with van der Waals surface area (Å²) < 4.78 is 8.20. The summed E-state index contributed by atoms with van der Waals surface area (Å²) in [6.07, 6.45) is 2.13. The number of carbonyl (C=O) groups excluding carboxylic acids is 2. The lowest BCUT2D eigenvalue weighted by Gasteiger charge is -2.10. The van der Waals surface area contributed by atoms with Gasteiger partial charge in [0.05, 0.1) is 18.6 Å². The molecule has 1 aromatic carbocycles. The maximum atomic E-state index is 12.4. The van der Waals surface area contributed by atoms with Crippen LogP contribution in [0.4, 0.5) is 5.69 Å². The van der Waals surface area contributed by atoms with Crippen LogP contribution in [0, 0.1) is 6.92 Å². The van der Waals surface area contributed by atoms with E-state index in [4.69, 9.17) is 10.2 Å². The highest BCUT2D eigenvalue weighted by Crippen LogP contribution is 2.22. The molecule has 0 unspecified atom stereocenters. The van der Waals surface area contributed by atoms with Gasteiger partial charge in [-0.1, -0.05) is 27.7 Å². The lowest BCUT2D eigenvalue weighted by Crippen LogP contribution is -2.16. The van der Waals surface area contributed by atoms with Gasteiger partial charge in [-0.2, -0.15) is 0 Å². The van der Waals surface area contributed by atoms with E-state index in [1.165, 1.54) is 11.8 Å². The first-order valence-electron chi connectivity index (χ1n) is 8.84. The number of nitrogens with one attached hydrogen (secondary N) is 1. The predicted molar refractivity (Wildman–Crippen MR) is 114 cm³/mol. The second-order valence-corrected chi connectivity index (χ2v) is 8.18. The summed E-state index contributed by atoms with van der Waals surface area (Å²) >= 11 is 4.68. The Morgan fingerprint density at radius 2 is 2.14 bits per heavy atom. The molecule has 0 saturated carbocycles. The Bertz CT molecular complexity index is 1000. The molecule has 0 aliphatic rings. The predicted octanol–water partition coefficient (Wildman–Crippen LogP) is 3.14. The molecule has 152 valence electrons. The van der Waals surface area contributed by atoms with E-state index in [9.17, 15) is 9.59 Å². The standard InChI is InChI=1S/C19H20BrN5O3S/c1-12-9-13(20)4-5-15(12)22-18(27)11-29-19-24-23-17(7-6-16(21)26)25(19)10-14-3-2-8-28-14/h2-5,8-9H,6-7,10-11H2,1H3,(H2,21,26)(H,22,27). The number of amides is 2. The monoisotopic (exact) mass is 477 g/mol. The van der Waals surface area contributed by atoms with Gasteiger partial charge in [-0.15, -0.1) is 10.2 Å². The molecule has 0 aliphatic heterocycles. The smallest absolute Gasteiger partial charge is 0.234 e. The molecule has 3 aromatic rings. The largest absolute Gasteiger partial charge is 0.467 e. The summed E-state index contributed by atoms with van der Waals surface area (Å²) in [5.74, 6) is 0.957. The van der Waals surface area contributed by atoms with E-state index in [2.05, 4.69) is 31.4 Å². The van der Waals surface area contributed by atoms with E-state index in [-0.39, 0.29) is 18.1 Å². The second kappa shape index (κ2) is 9.75. The zero-order chi connectivity index (χ0) is 20.8. The topological polar surface area (TPSA) is 116 Å². The van der Waals surface area contributed by atoms with E-state index in [1.807, 2.05) is 35.8 Å². The first kappa shape index (κ1) is 21.1. The van der Waals surface area contributed by atoms with Crippen molar-refractivity contribution in [3.63, 3.8) is 0 Å². The summed E-state index contributed by atoms with van der Waals surface area (Å²) in [6, 6.07) is 9.30. The quantitative estimate of drug-likeness (QED) is 0.457. The lowest BCUT2D eigenvalue weighted by molar-refractivity contribution is -0.118. The van der Waals surface area contributed by atoms with Gasteiger partial charge in [-0.3, -0.25) is 14.2 Å². The number of rotatable bonds is 9. The Morgan fingerprint density at radius 1 is 1.31 bits per heavy atom. The third-order valence-corrected chi connectivity index (χ3v) is 5.54. The van der Waals surface area contributed by atoms with Crippen molar-refractivity contribution < 1.29 is 14.0 Å². The lowest BCUT2D eigenvalue weighted by atomic mass is 10.2. The molecule has 2 amide bonds. The highest BCUT2D eigenvalue weighted by molar-refractivity contribution is 9.10. The molecule has 0 aliphatic carbocycles. The molecule has 0 fully saturated rings. The van der Waals surface area contributed by atoms with Crippen LogP contribution in [0.2, 0.25) is 0 Å². The van der Waals surface area contributed by atoms with E-state index in [0.717, 1.165) is 21.5 Å². The van der Waals surface area contributed by atoms with E-state index >= 15 is 0 Å². The SMILES string of the molecule is Cc1cc(Br)ccc1NC(=O)CSc1nnc(CCC(N)=O)n1Cc1ccco1. The van der Waals surface area contributed by atoms with Crippen molar-refractivity contribution in [2.45, 2.75) is 31.5 Å². The second-order valence-electron chi connectivity index (χ2n) is 6.33. The van der Waals surface area contributed by atoms with Crippen molar-refractivity contribution >= 4 is 45.2 Å². The summed E-state index contributed by atoms with van der Waals surface area (Å²) in [6.45, 7) is 2.34. The maximum Gasteiger partial charge on any atom is 0.234 e. The van der Waals surface area contributed by atoms with E-state index < -0.39 is 5.91 Å². The zero-order valence-electron chi connectivity index (χ0n) is 15.7. The number of nitrogens with zero attached hydrogens (tertiary/aromatic N) is 3. The zero-order valence-corrected chi connectivity index (χ0v) is 18.1. The molecule has 2 heterocycles. The van der Waals surface area contributed by atoms with Crippen LogP contribution in [-0.4, -0.2) is 32.3 Å². The first-order valence-corrected chi connectivity index (χ1v) is 10.6. The number of anilines is 1. The van der Waals surface area contributed by atoms with E-state index in [0.29, 0.717) is 23.9 Å². The molecule has 10 heteroatoms. The molecule has 0 radical (unpaired) electrons. The highest BCUT2D eigenvalue weighted by Gasteiger charge is 2.16. The van der Waals surface area contributed by atoms with Gasteiger partial charge in [0.2, 0.25) is 11.8 Å². The number of hydrogen-bond acceptors (Lipinski definition) is 6. The summed E-state index contributed by atoms with van der Waals surface area (Å²) in [7, 11) is 0. The summed E-state index contributed by atoms with van der Waals surface area (Å²) in [4.78, 5) is 23.5. The number of thioether (sulfide) groups is 1. The van der Waals surface area contributed by atoms with Crippen molar-refractivity contribution in [1.29, 1.82) is 0 Å². The Kier molecular flexibility index (Phi) is 7.10. The number of hydrogen-bond donors (Lipinski definition) is 2. The number of aryl methyl sites for hydroxylation is 2. The van der Waals surface area contributed by atoms with Crippen molar-refractivity contribution in [3.05, 3.63) is 58.2 Å². The molecule has 0 atom stereocenters. The summed E-state index contributed by atoms with van der Waals surface area (Å²) in [5.41, 5.74) is 6.98. The third kappa shape index (κ3) is 5.94. The average Bonchev–Trinajstić information content (AvgIpc) is 3.31. The number of primary amides is 1. The Labute approximate surface area is 180 Å². The number of furan rings is 1. The highest BCUT2D eigenvalue weighted by atomic mass is 79.9. The fourth-order valence-electron chi connectivity index (χ4n) is 2.65. The number of benzene rings is 1. The molecule has 0 spiro atoms. The maximum absolute atomic E-state index is 12.4. The van der Waals surface area contributed by atoms with Gasteiger partial charge < -0.3 is 15.5 Å². The van der Waals surface area contributed by atoms with Crippen LogP contribution in [-0.2, 0) is 22.6 Å². The van der Waals surface area contributed by atoms with Gasteiger partial charge in [0.15, 0.2) is 5.16 Å². The molecule has 29 heavy (non-hydrogen) atoms. The van der Waals surface area contributed by atoms with Gasteiger partial charge in [0, 0.05) is 23.0 Å². The molecule has 2 aromatic heterocycles. The molecular weight excluding hydrogens is 458 g/mol. The van der Waals surface area contributed by atoms with Crippen LogP contribution < -0.4 is 11.1 Å². The third-order valence-electron chi connectivity index (χ3n) is 4.08. The van der Waals surface area contributed by atoms with Crippen LogP contribution >= 0.6 is 27.7 Å². The van der Waals surface area contributed by atoms with Crippen molar-refractivity contribution in [2.24, 2.45) is 5.73 Å². The fourth-order valence-corrected chi connectivity index (χ4v) is 3.88. The molecule has 8 nitrogen and oxygen atoms in total. The van der Waals surface area contributed by atoms with Crippen LogP contribution in [0.5, 0.6) is 0 Å². The number of nitrogens with two attached hydrogens (primary N) is 1. The van der Waals surface area contributed by atoms with Crippen molar-refractivity contribution in [3.8, 4) is 0 Å². The van der Waals surface area contributed by atoms with Crippen LogP contribution in [0.1, 0.15) is 23.6 Å². The number of aromatic nitrogens is 3. The Morgan fingerprint density at radius 3 is 2.83 bits per heavy atom. The number of halogens is 1. The fraction of sp³-hybridized carbons (Fsp3) is 0.263. The average molecular weight is 478 g/mol. The minimum absolute atomic E-state index is 0.147. The van der Waals surface area contributed by atoms with Crippen LogP contribution in [0.25, 0.3) is 0 Å². The molecule has 3 rings (SSSR count). The van der Waals surface area contributed by atoms with Gasteiger partial charge in [0.1, 0.15) is 11.6 Å². The molecule has 0 saturated heterocycles. The number of carbonyl (C=O) groups is 2. The van der Waals surface area contributed by atoms with Crippen LogP contribution in [0.15, 0.2) is 50.6 Å². The van der Waals surface area contributed by atoms with Crippen molar-refractivity contribution in [1.82, 2.24) is 14.8 Å². The van der Waals surface area contributed by atoms with E-state index in [1.54, 1.807) is 12.3 Å². The normalized spacial score (nSPS) is 10.8. The minimum Gasteiger partial charge on any atom is -0.467 e. The Hall–Kier alpha value is -2.59. The van der Waals surface area contributed by atoms with Crippen molar-refractivity contribution in [2.75, 3.05) is 11.1 Å². The van der Waals surface area contributed by atoms with Gasteiger partial charge >= 0.3 is 0 Å². The molecule has 3 N–H and O–H groups in total. The molecular formula is C19H20BrN5O3S. The summed E-state index contributed by atoms with van der Waals surface area (Å²) in [5, 5.41) is 11.8. The van der Waals surface area contributed by atoms with Gasteiger partial charge in [0.25, 0.3) is 0 Å². The van der Waals surface area contributed by atoms with Gasteiger partial charge in [-0.05, 0) is 42.8 Å². The minimum atomic E-state index is -0.406. The van der Waals surface area contributed by atoms with Gasteiger partial charge in [-0.25, -0.2) is 0 Å². The van der Waals surface area contributed by atoms with Crippen LogP contribution in [0.3, 0.4) is 0 Å². The first-order chi connectivity index (χ1) is 13.9. The Balaban J connectivity index is 1.68. The molecule has 0 bridgehead atoms.